The molecule has 1 aliphatic rings. The van der Waals surface area contributed by atoms with Crippen molar-refractivity contribution in [2.45, 2.75) is 33.1 Å². The van der Waals surface area contributed by atoms with E-state index in [9.17, 15) is 25.1 Å². The van der Waals surface area contributed by atoms with E-state index in [-0.39, 0.29) is 38.0 Å². The summed E-state index contributed by atoms with van der Waals surface area (Å²) in [6, 6.07) is 7.34. The number of hydrogen-bond donors (Lipinski definition) is 3. The Morgan fingerprint density at radius 3 is 2.48 bits per heavy atom. The highest BCUT2D eigenvalue weighted by Crippen LogP contribution is 2.44. The molecule has 0 saturated heterocycles. The summed E-state index contributed by atoms with van der Waals surface area (Å²) in [4.78, 5) is 30.9. The Labute approximate surface area is 181 Å². The second kappa shape index (κ2) is 8.50. The van der Waals surface area contributed by atoms with Crippen LogP contribution in [-0.4, -0.2) is 58.1 Å². The Morgan fingerprint density at radius 2 is 1.90 bits per heavy atom. The van der Waals surface area contributed by atoms with Gasteiger partial charge in [0.25, 0.3) is 0 Å². The molecule has 1 aromatic heterocycles. The average molecular weight is 421 g/mol. The highest BCUT2D eigenvalue weighted by Gasteiger charge is 2.39. The summed E-state index contributed by atoms with van der Waals surface area (Å²) in [5, 5.41) is 28.4. The van der Waals surface area contributed by atoms with Crippen molar-refractivity contribution >= 4 is 22.6 Å². The normalized spacial score (nSPS) is 15.8. The minimum absolute atomic E-state index is 0.112. The first-order chi connectivity index (χ1) is 14.7. The summed E-state index contributed by atoms with van der Waals surface area (Å²) in [6.07, 6.45) is 1.73. The van der Waals surface area contributed by atoms with Crippen molar-refractivity contribution in [2.24, 2.45) is 0 Å². The second-order valence-corrected chi connectivity index (χ2v) is 8.31. The highest BCUT2D eigenvalue weighted by molar-refractivity contribution is 6.19. The number of nitrogens with zero attached hydrogens (tertiary/aromatic N) is 2. The van der Waals surface area contributed by atoms with Crippen LogP contribution in [0.3, 0.4) is 0 Å². The SMILES string of the molecule is CC1=C(/C=C(\C)C(=O)N(CCO)CCO)C(C)(C)c2[nH]c3cc(C#N)ccc3c2C1=O. The van der Waals surface area contributed by atoms with Crippen LogP contribution in [0.1, 0.15) is 49.3 Å². The van der Waals surface area contributed by atoms with Crippen molar-refractivity contribution in [1.82, 2.24) is 9.88 Å². The van der Waals surface area contributed by atoms with Gasteiger partial charge in [-0.1, -0.05) is 19.9 Å². The first-order valence-electron chi connectivity index (χ1n) is 10.2. The molecular formula is C24H27N3O4. The molecule has 0 aliphatic heterocycles. The van der Waals surface area contributed by atoms with Gasteiger partial charge in [-0.15, -0.1) is 0 Å². The molecule has 0 radical (unpaired) electrons. The fourth-order valence-electron chi connectivity index (χ4n) is 4.26. The number of nitriles is 1. The molecular weight excluding hydrogens is 394 g/mol. The van der Waals surface area contributed by atoms with Gasteiger partial charge in [-0.3, -0.25) is 9.59 Å². The maximum absolute atomic E-state index is 13.3. The highest BCUT2D eigenvalue weighted by atomic mass is 16.3. The second-order valence-electron chi connectivity index (χ2n) is 8.31. The Kier molecular flexibility index (Phi) is 6.16. The van der Waals surface area contributed by atoms with Gasteiger partial charge in [0.1, 0.15) is 0 Å². The zero-order chi connectivity index (χ0) is 22.9. The number of carbonyl (C=O) groups is 2. The lowest BCUT2D eigenvalue weighted by Gasteiger charge is -2.33. The number of rotatable bonds is 6. The monoisotopic (exact) mass is 421 g/mol. The van der Waals surface area contributed by atoms with E-state index >= 15 is 0 Å². The molecule has 1 aromatic carbocycles. The molecule has 0 unspecified atom stereocenters. The summed E-state index contributed by atoms with van der Waals surface area (Å²) in [5.74, 6) is -0.410. The molecule has 3 N–H and O–H groups in total. The number of fused-ring (bicyclic) bond motifs is 3. The minimum atomic E-state index is -0.584. The van der Waals surface area contributed by atoms with Crippen LogP contribution in [0.2, 0.25) is 0 Å². The summed E-state index contributed by atoms with van der Waals surface area (Å²) in [7, 11) is 0. The first-order valence-corrected chi connectivity index (χ1v) is 10.2. The number of allylic oxidation sites excluding steroid dienone is 3. The van der Waals surface area contributed by atoms with Crippen molar-refractivity contribution < 1.29 is 19.8 Å². The number of nitrogens with one attached hydrogen (secondary N) is 1. The van der Waals surface area contributed by atoms with E-state index in [1.165, 1.54) is 4.90 Å². The topological polar surface area (TPSA) is 117 Å². The van der Waals surface area contributed by atoms with E-state index in [1.54, 1.807) is 38.1 Å². The van der Waals surface area contributed by atoms with Crippen molar-refractivity contribution in [3.63, 3.8) is 0 Å². The smallest absolute Gasteiger partial charge is 0.249 e. The quantitative estimate of drug-likeness (QED) is 0.620. The number of aliphatic hydroxyl groups is 2. The number of benzene rings is 1. The Morgan fingerprint density at radius 1 is 1.26 bits per heavy atom. The van der Waals surface area contributed by atoms with E-state index in [0.717, 1.165) is 22.2 Å². The van der Waals surface area contributed by atoms with Crippen LogP contribution in [0.25, 0.3) is 10.9 Å². The Balaban J connectivity index is 2.10. The molecule has 0 fully saturated rings. The standard InChI is InChI=1S/C24H27N3O4/c1-14(23(31)27(7-9-28)8-10-29)11-18-15(2)21(30)20-17-6-5-16(13-25)12-19(17)26-22(20)24(18,3)4/h5-6,11-12,26,28-29H,7-10H2,1-4H3/b14-11+. The maximum atomic E-state index is 13.3. The first kappa shape index (κ1) is 22.5. The third kappa shape index (κ3) is 3.80. The van der Waals surface area contributed by atoms with Crippen LogP contribution < -0.4 is 0 Å². The number of aromatic nitrogens is 1. The molecule has 1 heterocycles. The molecule has 1 amide bonds. The lowest BCUT2D eigenvalue weighted by Crippen LogP contribution is -2.37. The summed E-state index contributed by atoms with van der Waals surface area (Å²) in [6.45, 7) is 7.26. The lowest BCUT2D eigenvalue weighted by molar-refractivity contribution is -0.128. The van der Waals surface area contributed by atoms with Gasteiger partial charge in [0.2, 0.25) is 5.91 Å². The maximum Gasteiger partial charge on any atom is 0.249 e. The molecule has 0 atom stereocenters. The molecule has 162 valence electrons. The van der Waals surface area contributed by atoms with E-state index in [0.29, 0.717) is 22.3 Å². The molecule has 0 saturated carbocycles. The van der Waals surface area contributed by atoms with E-state index in [1.807, 2.05) is 13.8 Å². The zero-order valence-electron chi connectivity index (χ0n) is 18.2. The molecule has 31 heavy (non-hydrogen) atoms. The van der Waals surface area contributed by atoms with Crippen LogP contribution >= 0.6 is 0 Å². The van der Waals surface area contributed by atoms with Gasteiger partial charge in [0.05, 0.1) is 30.4 Å². The molecule has 1 aliphatic carbocycles. The van der Waals surface area contributed by atoms with Crippen LogP contribution in [0.5, 0.6) is 0 Å². The van der Waals surface area contributed by atoms with Crippen LogP contribution in [0.15, 0.2) is 41.0 Å². The summed E-state index contributed by atoms with van der Waals surface area (Å²) < 4.78 is 0. The molecule has 2 aromatic rings. The minimum Gasteiger partial charge on any atom is -0.395 e. The van der Waals surface area contributed by atoms with Gasteiger partial charge in [0, 0.05) is 46.2 Å². The number of aromatic amines is 1. The van der Waals surface area contributed by atoms with Gasteiger partial charge in [-0.25, -0.2) is 0 Å². The average Bonchev–Trinajstić information content (AvgIpc) is 3.14. The van der Waals surface area contributed by atoms with Crippen molar-refractivity contribution in [1.29, 1.82) is 5.26 Å². The lowest BCUT2D eigenvalue weighted by atomic mass is 9.71. The zero-order valence-corrected chi connectivity index (χ0v) is 18.2. The number of Topliss-reactive ketones (excluding diaryl/α,β-unsaturated/α-hetero) is 1. The number of amides is 1. The van der Waals surface area contributed by atoms with Crippen molar-refractivity contribution in [2.75, 3.05) is 26.3 Å². The Bertz CT molecular complexity index is 1160. The van der Waals surface area contributed by atoms with Crippen molar-refractivity contribution in [3.05, 3.63) is 57.8 Å². The fraction of sp³-hybridized carbons (Fsp3) is 0.375. The van der Waals surface area contributed by atoms with Gasteiger partial charge in [-0.05, 0) is 37.6 Å². The van der Waals surface area contributed by atoms with Crippen molar-refractivity contribution in [3.8, 4) is 6.07 Å². The molecule has 7 nitrogen and oxygen atoms in total. The molecule has 0 bridgehead atoms. The van der Waals surface area contributed by atoms with E-state index < -0.39 is 5.41 Å². The fourth-order valence-corrected chi connectivity index (χ4v) is 4.26. The Hall–Kier alpha value is -3.21. The van der Waals surface area contributed by atoms with Gasteiger partial charge < -0.3 is 20.1 Å². The van der Waals surface area contributed by atoms with Crippen LogP contribution in [0, 0.1) is 11.3 Å². The van der Waals surface area contributed by atoms with E-state index in [2.05, 4.69) is 11.1 Å². The number of ketones is 1. The van der Waals surface area contributed by atoms with Crippen LogP contribution in [-0.2, 0) is 10.2 Å². The van der Waals surface area contributed by atoms with E-state index in [4.69, 9.17) is 0 Å². The van der Waals surface area contributed by atoms with Gasteiger partial charge in [0.15, 0.2) is 5.78 Å². The van der Waals surface area contributed by atoms with Gasteiger partial charge >= 0.3 is 0 Å². The number of H-pyrrole nitrogens is 1. The number of aliphatic hydroxyl groups excluding tert-OH is 2. The molecule has 0 spiro atoms. The number of hydrogen-bond acceptors (Lipinski definition) is 5. The summed E-state index contributed by atoms with van der Waals surface area (Å²) in [5.41, 5.74) is 3.72. The van der Waals surface area contributed by atoms with Gasteiger partial charge in [-0.2, -0.15) is 5.26 Å². The molecule has 3 rings (SSSR count). The largest absolute Gasteiger partial charge is 0.395 e. The number of carbonyl (C=O) groups excluding carboxylic acids is 2. The predicted molar refractivity (Wildman–Crippen MR) is 118 cm³/mol. The summed E-state index contributed by atoms with van der Waals surface area (Å²) >= 11 is 0. The predicted octanol–water partition coefficient (Wildman–Crippen LogP) is 2.59. The third-order valence-electron chi connectivity index (χ3n) is 5.92. The molecule has 7 heteroatoms. The van der Waals surface area contributed by atoms with Crippen LogP contribution in [0.4, 0.5) is 0 Å². The third-order valence-corrected chi connectivity index (χ3v) is 5.92.